The number of halogens is 1. The average Bonchev–Trinajstić information content (AvgIpc) is 2.78. The zero-order chi connectivity index (χ0) is 23.1. The minimum Gasteiger partial charge on any atom is -0.597 e. The van der Waals surface area contributed by atoms with Crippen LogP contribution in [0.25, 0.3) is 0 Å². The van der Waals surface area contributed by atoms with Crippen molar-refractivity contribution in [2.45, 2.75) is 70.6 Å². The van der Waals surface area contributed by atoms with Gasteiger partial charge in [0.2, 0.25) is 0 Å². The molecule has 3 rings (SSSR count). The SMILES string of the molecule is CC1=C(I)CC[C@@H]([C@H](COCc2ccccc2)N(Cc2ccccc2)[S+]([O-])C(C)(C)C)O1. The standard InChI is InChI=1S/C26H34INO3S/c1-20-23(27)15-16-25(31-20)24(19-30-18-22-13-9-6-10-14-22)28(32(29)26(2,3)4)17-21-11-7-5-8-12-21/h5-14,24-25H,15-19H2,1-4H3/t24-,25-,32?/m0/s1. The molecule has 4 nitrogen and oxygen atoms in total. The average molecular weight is 568 g/mol. The summed E-state index contributed by atoms with van der Waals surface area (Å²) in [6, 6.07) is 20.3. The smallest absolute Gasteiger partial charge is 0.137 e. The lowest BCUT2D eigenvalue weighted by Gasteiger charge is -2.41. The number of allylic oxidation sites excluding steroid dienone is 2. The minimum atomic E-state index is -1.22. The van der Waals surface area contributed by atoms with Crippen LogP contribution >= 0.6 is 22.6 Å². The number of benzene rings is 2. The number of ether oxygens (including phenoxy) is 2. The van der Waals surface area contributed by atoms with Crippen LogP contribution in [0.2, 0.25) is 0 Å². The number of rotatable bonds is 9. The van der Waals surface area contributed by atoms with Gasteiger partial charge < -0.3 is 14.0 Å². The Kier molecular flexibility index (Phi) is 9.49. The molecule has 0 aliphatic carbocycles. The maximum Gasteiger partial charge on any atom is 0.137 e. The maximum atomic E-state index is 13.7. The van der Waals surface area contributed by atoms with Crippen molar-refractivity contribution in [3.63, 3.8) is 0 Å². The first-order valence-electron chi connectivity index (χ1n) is 11.1. The van der Waals surface area contributed by atoms with E-state index in [9.17, 15) is 4.55 Å². The van der Waals surface area contributed by atoms with E-state index in [2.05, 4.69) is 51.2 Å². The van der Waals surface area contributed by atoms with E-state index in [-0.39, 0.29) is 16.9 Å². The van der Waals surface area contributed by atoms with Gasteiger partial charge in [-0.15, -0.1) is 4.31 Å². The molecule has 0 bridgehead atoms. The predicted molar refractivity (Wildman–Crippen MR) is 141 cm³/mol. The lowest BCUT2D eigenvalue weighted by molar-refractivity contribution is -0.0143. The fraction of sp³-hybridized carbons (Fsp3) is 0.462. The van der Waals surface area contributed by atoms with Crippen LogP contribution in [0.3, 0.4) is 0 Å². The Balaban J connectivity index is 1.86. The van der Waals surface area contributed by atoms with Gasteiger partial charge in [-0.2, -0.15) is 0 Å². The highest BCUT2D eigenvalue weighted by molar-refractivity contribution is 14.1. The number of nitrogens with zero attached hydrogens (tertiary/aromatic N) is 1. The zero-order valence-corrected chi connectivity index (χ0v) is 22.4. The second kappa shape index (κ2) is 11.9. The van der Waals surface area contributed by atoms with Crippen LogP contribution in [-0.2, 0) is 34.0 Å². The van der Waals surface area contributed by atoms with E-state index in [0.29, 0.717) is 19.8 Å². The van der Waals surface area contributed by atoms with Gasteiger partial charge in [-0.05, 0) is 74.3 Å². The summed E-state index contributed by atoms with van der Waals surface area (Å²) in [5, 5.41) is 0. The van der Waals surface area contributed by atoms with Gasteiger partial charge in [-0.3, -0.25) is 0 Å². The van der Waals surface area contributed by atoms with Crippen LogP contribution in [0, 0.1) is 0 Å². The second-order valence-electron chi connectivity index (χ2n) is 9.15. The first kappa shape index (κ1) is 25.6. The van der Waals surface area contributed by atoms with Crippen LogP contribution < -0.4 is 0 Å². The van der Waals surface area contributed by atoms with Crippen LogP contribution in [-0.4, -0.2) is 32.4 Å². The van der Waals surface area contributed by atoms with Gasteiger partial charge in [0.25, 0.3) is 0 Å². The first-order chi connectivity index (χ1) is 15.3. The van der Waals surface area contributed by atoms with Gasteiger partial charge in [0, 0.05) is 14.9 Å². The van der Waals surface area contributed by atoms with Crippen molar-refractivity contribution in [1.82, 2.24) is 4.31 Å². The summed E-state index contributed by atoms with van der Waals surface area (Å²) in [7, 11) is 0. The molecule has 0 saturated heterocycles. The lowest BCUT2D eigenvalue weighted by atomic mass is 10.0. The molecule has 0 radical (unpaired) electrons. The molecule has 0 N–H and O–H groups in total. The summed E-state index contributed by atoms with van der Waals surface area (Å²) in [6.45, 7) is 9.67. The van der Waals surface area contributed by atoms with Crippen molar-refractivity contribution < 1.29 is 14.0 Å². The van der Waals surface area contributed by atoms with Crippen molar-refractivity contribution >= 4 is 34.0 Å². The topological polar surface area (TPSA) is 44.8 Å². The summed E-state index contributed by atoms with van der Waals surface area (Å²) >= 11 is 1.14. The molecule has 32 heavy (non-hydrogen) atoms. The Labute approximate surface area is 209 Å². The Morgan fingerprint density at radius 2 is 1.69 bits per heavy atom. The van der Waals surface area contributed by atoms with E-state index in [1.807, 2.05) is 64.1 Å². The fourth-order valence-electron chi connectivity index (χ4n) is 3.73. The summed E-state index contributed by atoms with van der Waals surface area (Å²) in [4.78, 5) is 0. The van der Waals surface area contributed by atoms with E-state index < -0.39 is 11.4 Å². The highest BCUT2D eigenvalue weighted by Crippen LogP contribution is 2.34. The second-order valence-corrected chi connectivity index (χ2v) is 12.6. The van der Waals surface area contributed by atoms with Gasteiger partial charge in [0.1, 0.15) is 22.7 Å². The van der Waals surface area contributed by atoms with Crippen molar-refractivity contribution in [2.75, 3.05) is 6.61 Å². The molecule has 1 aliphatic rings. The van der Waals surface area contributed by atoms with E-state index in [4.69, 9.17) is 9.47 Å². The Morgan fingerprint density at radius 1 is 1.09 bits per heavy atom. The van der Waals surface area contributed by atoms with Gasteiger partial charge in [0.15, 0.2) is 0 Å². The zero-order valence-electron chi connectivity index (χ0n) is 19.4. The van der Waals surface area contributed by atoms with Gasteiger partial charge in [0.05, 0.1) is 19.8 Å². The molecule has 0 aromatic heterocycles. The normalized spacial score (nSPS) is 19.0. The van der Waals surface area contributed by atoms with Crippen LogP contribution in [0.15, 0.2) is 70.0 Å². The molecule has 0 amide bonds. The van der Waals surface area contributed by atoms with E-state index in [1.54, 1.807) is 0 Å². The molecule has 3 atom stereocenters. The molecule has 0 spiro atoms. The third kappa shape index (κ3) is 7.22. The van der Waals surface area contributed by atoms with Crippen LogP contribution in [0.5, 0.6) is 0 Å². The van der Waals surface area contributed by atoms with Crippen molar-refractivity contribution in [3.05, 3.63) is 81.1 Å². The molecule has 0 saturated carbocycles. The van der Waals surface area contributed by atoms with Gasteiger partial charge in [-0.1, -0.05) is 60.7 Å². The van der Waals surface area contributed by atoms with Crippen molar-refractivity contribution in [1.29, 1.82) is 0 Å². The molecule has 2 aromatic rings. The van der Waals surface area contributed by atoms with E-state index >= 15 is 0 Å². The molecular formula is C26H34INO3S. The Morgan fingerprint density at radius 3 is 2.25 bits per heavy atom. The van der Waals surface area contributed by atoms with Crippen LogP contribution in [0.4, 0.5) is 0 Å². The van der Waals surface area contributed by atoms with Gasteiger partial charge in [-0.25, -0.2) is 0 Å². The monoisotopic (exact) mass is 567 g/mol. The quantitative estimate of drug-likeness (QED) is 0.261. The third-order valence-corrected chi connectivity index (χ3v) is 8.65. The minimum absolute atomic E-state index is 0.0701. The molecule has 1 heterocycles. The molecule has 6 heteroatoms. The highest BCUT2D eigenvalue weighted by atomic mass is 127. The third-order valence-electron chi connectivity index (χ3n) is 5.48. The summed E-state index contributed by atoms with van der Waals surface area (Å²) in [6.07, 6.45) is 1.80. The van der Waals surface area contributed by atoms with E-state index in [0.717, 1.165) is 29.7 Å². The predicted octanol–water partition coefficient (Wildman–Crippen LogP) is 6.38. The summed E-state index contributed by atoms with van der Waals surface area (Å²) < 4.78 is 29.3. The molecule has 1 aliphatic heterocycles. The molecule has 0 fully saturated rings. The molecule has 2 aromatic carbocycles. The largest absolute Gasteiger partial charge is 0.597 e. The van der Waals surface area contributed by atoms with E-state index in [1.165, 1.54) is 3.58 Å². The number of hydrogen-bond donors (Lipinski definition) is 0. The van der Waals surface area contributed by atoms with Gasteiger partial charge >= 0.3 is 0 Å². The van der Waals surface area contributed by atoms with Crippen molar-refractivity contribution in [2.24, 2.45) is 0 Å². The Hall–Kier alpha value is -1.06. The molecule has 174 valence electrons. The number of hydrogen-bond acceptors (Lipinski definition) is 4. The fourth-order valence-corrected chi connectivity index (χ4v) is 5.58. The first-order valence-corrected chi connectivity index (χ1v) is 13.3. The lowest BCUT2D eigenvalue weighted by Crippen LogP contribution is -2.54. The van der Waals surface area contributed by atoms with Crippen LogP contribution in [0.1, 0.15) is 51.7 Å². The highest BCUT2D eigenvalue weighted by Gasteiger charge is 2.42. The maximum absolute atomic E-state index is 13.7. The Bertz CT molecular complexity index is 870. The van der Waals surface area contributed by atoms with Crippen molar-refractivity contribution in [3.8, 4) is 0 Å². The molecular weight excluding hydrogens is 533 g/mol. The summed E-state index contributed by atoms with van der Waals surface area (Å²) in [5.74, 6) is 0.969. The summed E-state index contributed by atoms with van der Waals surface area (Å²) in [5.41, 5.74) is 2.27. The molecule has 1 unspecified atom stereocenters.